The molecule has 1 aliphatic rings. The van der Waals surface area contributed by atoms with E-state index >= 15 is 0 Å². The van der Waals surface area contributed by atoms with Crippen LogP contribution in [0.4, 0.5) is 4.39 Å². The first kappa shape index (κ1) is 17.1. The topological polar surface area (TPSA) is 12.5 Å². The van der Waals surface area contributed by atoms with Gasteiger partial charge in [0.25, 0.3) is 0 Å². The zero-order chi connectivity index (χ0) is 14.0. The predicted molar refractivity (Wildman–Crippen MR) is 74.9 cm³/mol. The largest absolute Gasteiger partial charge is 0.509 e. The van der Waals surface area contributed by atoms with Gasteiger partial charge in [0.05, 0.1) is 18.7 Å². The Labute approximate surface area is 144 Å². The second-order valence-corrected chi connectivity index (χ2v) is 4.33. The van der Waals surface area contributed by atoms with Gasteiger partial charge in [-0.15, -0.1) is 5.57 Å². The van der Waals surface area contributed by atoms with Gasteiger partial charge in [-0.25, -0.2) is 4.39 Å². The van der Waals surface area contributed by atoms with Gasteiger partial charge in [0.1, 0.15) is 0 Å². The fourth-order valence-electron chi connectivity index (χ4n) is 2.15. The Bertz CT molecular complexity index is 578. The van der Waals surface area contributed by atoms with Crippen LogP contribution in [0, 0.1) is 11.9 Å². The number of halogens is 1. The van der Waals surface area contributed by atoms with Crippen molar-refractivity contribution in [2.75, 3.05) is 13.7 Å². The summed E-state index contributed by atoms with van der Waals surface area (Å²) in [4.78, 5) is 1.94. The van der Waals surface area contributed by atoms with E-state index in [0.29, 0.717) is 23.6 Å². The van der Waals surface area contributed by atoms with Gasteiger partial charge in [0.15, 0.2) is 0 Å². The van der Waals surface area contributed by atoms with Crippen molar-refractivity contribution in [3.8, 4) is 5.75 Å². The average molecular weight is 347 g/mol. The summed E-state index contributed by atoms with van der Waals surface area (Å²) in [5.41, 5.74) is 2.98. The van der Waals surface area contributed by atoms with Crippen LogP contribution in [0.1, 0.15) is 19.4 Å². The summed E-state index contributed by atoms with van der Waals surface area (Å²) in [6, 6.07) is 4.80. The van der Waals surface area contributed by atoms with Crippen molar-refractivity contribution in [1.29, 1.82) is 0 Å². The molecule has 0 fully saturated rings. The first-order valence-electron chi connectivity index (χ1n) is 6.20. The van der Waals surface area contributed by atoms with E-state index in [1.165, 1.54) is 13.2 Å². The monoisotopic (exact) mass is 347 g/mol. The molecular formula is C16H17FNOY-. The minimum Gasteiger partial charge on any atom is -0.509 e. The third kappa shape index (κ3) is 3.04. The number of methoxy groups -OCH3 is 1. The van der Waals surface area contributed by atoms with Crippen LogP contribution < -0.4 is 4.74 Å². The molecular weight excluding hydrogens is 330 g/mol. The maximum Gasteiger partial charge on any atom is 0.0817 e. The average Bonchev–Trinajstić information content (AvgIpc) is 2.41. The molecule has 0 atom stereocenters. The molecule has 2 nitrogen and oxygen atoms in total. The Balaban J connectivity index is 0.00000200. The Morgan fingerprint density at radius 2 is 2.10 bits per heavy atom. The minimum absolute atomic E-state index is 0. The predicted octanol–water partition coefficient (Wildman–Crippen LogP) is 3.77. The maximum atomic E-state index is 14.1. The van der Waals surface area contributed by atoms with Crippen molar-refractivity contribution >= 4 is 5.70 Å². The molecule has 0 N–H and O–H groups in total. The summed E-state index contributed by atoms with van der Waals surface area (Å²) >= 11 is 0. The molecule has 103 valence electrons. The Kier molecular flexibility index (Phi) is 6.16. The fraction of sp³-hybridized carbons (Fsp3) is 0.250. The van der Waals surface area contributed by atoms with E-state index < -0.39 is 0 Å². The van der Waals surface area contributed by atoms with Crippen LogP contribution in [0.5, 0.6) is 5.75 Å². The minimum atomic E-state index is -0.318. The van der Waals surface area contributed by atoms with Crippen LogP contribution >= 0.6 is 0 Å². The van der Waals surface area contributed by atoms with Crippen molar-refractivity contribution in [3.05, 3.63) is 59.6 Å². The number of rotatable bonds is 3. The molecule has 0 aliphatic carbocycles. The molecule has 2 rings (SSSR count). The maximum absolute atomic E-state index is 14.1. The summed E-state index contributed by atoms with van der Waals surface area (Å²) in [5.74, 6) is 0.183. The summed E-state index contributed by atoms with van der Waals surface area (Å²) in [6.07, 6.45) is 4.96. The van der Waals surface area contributed by atoms with Gasteiger partial charge < -0.3 is 9.64 Å². The number of nitrogens with zero attached hydrogens (tertiary/aromatic N) is 1. The second kappa shape index (κ2) is 7.19. The molecule has 0 aromatic heterocycles. The summed E-state index contributed by atoms with van der Waals surface area (Å²) in [7, 11) is 1.54. The zero-order valence-corrected chi connectivity index (χ0v) is 14.9. The van der Waals surface area contributed by atoms with Crippen molar-refractivity contribution in [2.24, 2.45) is 0 Å². The molecule has 0 bridgehead atoms. The number of allylic oxidation sites excluding steroid dienone is 3. The van der Waals surface area contributed by atoms with Crippen LogP contribution in [0.2, 0.25) is 0 Å². The Morgan fingerprint density at radius 3 is 2.70 bits per heavy atom. The SMILES string of the molecule is C=C1C(C)=C[C-]=C(c2c(F)cccc2OC)N1CC.[Y]. The van der Waals surface area contributed by atoms with Crippen molar-refractivity contribution < 1.29 is 41.8 Å². The van der Waals surface area contributed by atoms with E-state index in [0.717, 1.165) is 11.3 Å². The number of likely N-dealkylation sites (N-methyl/N-ethyl adjacent to an activating group) is 1. The molecule has 1 aromatic carbocycles. The van der Waals surface area contributed by atoms with Gasteiger partial charge in [0, 0.05) is 39.3 Å². The van der Waals surface area contributed by atoms with E-state index in [9.17, 15) is 4.39 Å². The molecule has 1 aliphatic heterocycles. The van der Waals surface area contributed by atoms with Crippen LogP contribution in [0.25, 0.3) is 5.70 Å². The van der Waals surface area contributed by atoms with E-state index in [4.69, 9.17) is 4.74 Å². The van der Waals surface area contributed by atoms with Crippen molar-refractivity contribution in [1.82, 2.24) is 4.90 Å². The number of hydrogen-bond acceptors (Lipinski definition) is 2. The van der Waals surface area contributed by atoms with Crippen LogP contribution in [0.3, 0.4) is 0 Å². The van der Waals surface area contributed by atoms with E-state index in [1.807, 2.05) is 24.8 Å². The third-order valence-corrected chi connectivity index (χ3v) is 3.22. The number of ether oxygens (including phenoxy) is 1. The van der Waals surface area contributed by atoms with Gasteiger partial charge in [-0.2, -0.15) is 12.2 Å². The molecule has 1 radical (unpaired) electrons. The van der Waals surface area contributed by atoms with Crippen LogP contribution in [0.15, 0.2) is 42.1 Å². The molecule has 1 heterocycles. The van der Waals surface area contributed by atoms with Gasteiger partial charge in [-0.05, 0) is 30.3 Å². The third-order valence-electron chi connectivity index (χ3n) is 3.22. The van der Waals surface area contributed by atoms with Crippen molar-refractivity contribution in [2.45, 2.75) is 13.8 Å². The molecule has 0 saturated carbocycles. The zero-order valence-electron chi connectivity index (χ0n) is 12.0. The van der Waals surface area contributed by atoms with Crippen molar-refractivity contribution in [3.63, 3.8) is 0 Å². The Hall–Kier alpha value is -0.926. The van der Waals surface area contributed by atoms with Gasteiger partial charge in [0.2, 0.25) is 0 Å². The second-order valence-electron chi connectivity index (χ2n) is 4.33. The van der Waals surface area contributed by atoms with E-state index in [1.54, 1.807) is 12.1 Å². The van der Waals surface area contributed by atoms with Gasteiger partial charge in [-0.3, -0.25) is 0 Å². The van der Waals surface area contributed by atoms with E-state index in [2.05, 4.69) is 12.7 Å². The normalized spacial score (nSPS) is 14.4. The van der Waals surface area contributed by atoms with E-state index in [-0.39, 0.29) is 38.5 Å². The molecule has 0 saturated heterocycles. The van der Waals surface area contributed by atoms with Gasteiger partial charge in [-0.1, -0.05) is 25.3 Å². The fourth-order valence-corrected chi connectivity index (χ4v) is 2.15. The molecule has 20 heavy (non-hydrogen) atoms. The van der Waals surface area contributed by atoms with Gasteiger partial charge >= 0.3 is 0 Å². The molecule has 0 amide bonds. The molecule has 4 heteroatoms. The summed E-state index contributed by atoms with van der Waals surface area (Å²) < 4.78 is 19.4. The standard InChI is InChI=1S/C16H17FNO.Y/c1-5-18-12(3)11(2)9-10-14(18)16-13(17)7-6-8-15(16)19-4;/h6-9H,3,5H2,1-2,4H3;/q-1;. The van der Waals surface area contributed by atoms with Crippen LogP contribution in [-0.2, 0) is 32.7 Å². The summed E-state index contributed by atoms with van der Waals surface area (Å²) in [6.45, 7) is 8.70. The Morgan fingerprint density at radius 1 is 1.40 bits per heavy atom. The first-order chi connectivity index (χ1) is 9.10. The van der Waals surface area contributed by atoms with Crippen LogP contribution in [-0.4, -0.2) is 18.6 Å². The summed E-state index contributed by atoms with van der Waals surface area (Å²) in [5, 5.41) is 0. The first-order valence-corrected chi connectivity index (χ1v) is 6.20. The quantitative estimate of drug-likeness (QED) is 0.772. The molecule has 0 spiro atoms. The molecule has 0 unspecified atom stereocenters. The molecule has 1 aromatic rings. The number of hydrogen-bond donors (Lipinski definition) is 0. The smallest absolute Gasteiger partial charge is 0.0817 e. The number of benzene rings is 1.